The van der Waals surface area contributed by atoms with Gasteiger partial charge in [-0.25, -0.2) is 13.1 Å². The minimum atomic E-state index is -3.55. The molecule has 1 aromatic carbocycles. The molecule has 0 spiro atoms. The van der Waals surface area contributed by atoms with Gasteiger partial charge in [0.25, 0.3) is 0 Å². The van der Waals surface area contributed by atoms with Gasteiger partial charge in [-0.3, -0.25) is 0 Å². The summed E-state index contributed by atoms with van der Waals surface area (Å²) < 4.78 is 31.8. The summed E-state index contributed by atoms with van der Waals surface area (Å²) in [6, 6.07) is 7.88. The smallest absolute Gasteiger partial charge is 0.240 e. The molecule has 0 bridgehead atoms. The van der Waals surface area contributed by atoms with Gasteiger partial charge in [0.15, 0.2) is 0 Å². The molecule has 0 atom stereocenters. The average Bonchev–Trinajstić information content (AvgIpc) is 2.46. The molecule has 0 aliphatic heterocycles. The van der Waals surface area contributed by atoms with Crippen LogP contribution in [0.5, 0.6) is 0 Å². The number of benzene rings is 1. The first kappa shape index (κ1) is 16.6. The fraction of sp³-hybridized carbons (Fsp3) is 0.500. The standard InChI is InChI=1S/C14H20N2O3S/c1-2-3-9-19-10-5-8-16-20(17,18)14-7-4-6-13(11-14)12-15/h4,6-7,11,16H,2-3,5,8-10H2,1H3. The van der Waals surface area contributed by atoms with Crippen LogP contribution in [0.4, 0.5) is 0 Å². The second-order valence-corrected chi connectivity index (χ2v) is 6.12. The molecule has 0 aliphatic rings. The van der Waals surface area contributed by atoms with Crippen molar-refractivity contribution >= 4 is 10.0 Å². The van der Waals surface area contributed by atoms with Crippen LogP contribution < -0.4 is 4.72 Å². The lowest BCUT2D eigenvalue weighted by Crippen LogP contribution is -2.25. The second kappa shape index (κ2) is 8.69. The molecule has 0 unspecified atom stereocenters. The van der Waals surface area contributed by atoms with E-state index < -0.39 is 10.0 Å². The molecule has 0 aliphatic carbocycles. The first-order valence-electron chi connectivity index (χ1n) is 6.67. The lowest BCUT2D eigenvalue weighted by molar-refractivity contribution is 0.130. The van der Waals surface area contributed by atoms with E-state index in [4.69, 9.17) is 10.00 Å². The van der Waals surface area contributed by atoms with Gasteiger partial charge in [-0.15, -0.1) is 0 Å². The molecular weight excluding hydrogens is 276 g/mol. The van der Waals surface area contributed by atoms with Crippen molar-refractivity contribution in [3.05, 3.63) is 29.8 Å². The highest BCUT2D eigenvalue weighted by atomic mass is 32.2. The van der Waals surface area contributed by atoms with Crippen molar-refractivity contribution in [1.82, 2.24) is 4.72 Å². The summed E-state index contributed by atoms with van der Waals surface area (Å²) in [6.07, 6.45) is 2.73. The third-order valence-electron chi connectivity index (χ3n) is 2.67. The van der Waals surface area contributed by atoms with Crippen LogP contribution in [0.2, 0.25) is 0 Å². The maximum Gasteiger partial charge on any atom is 0.240 e. The number of hydrogen-bond donors (Lipinski definition) is 1. The third-order valence-corrected chi connectivity index (χ3v) is 4.13. The number of nitriles is 1. The molecule has 0 fully saturated rings. The largest absolute Gasteiger partial charge is 0.381 e. The van der Waals surface area contributed by atoms with E-state index in [-0.39, 0.29) is 4.90 Å². The van der Waals surface area contributed by atoms with E-state index in [2.05, 4.69) is 11.6 Å². The Kier molecular flexibility index (Phi) is 7.23. The fourth-order valence-corrected chi connectivity index (χ4v) is 2.66. The van der Waals surface area contributed by atoms with Crippen LogP contribution in [0.25, 0.3) is 0 Å². The van der Waals surface area contributed by atoms with E-state index >= 15 is 0 Å². The van der Waals surface area contributed by atoms with Gasteiger partial charge < -0.3 is 4.74 Å². The molecule has 0 amide bonds. The molecule has 1 rings (SSSR count). The number of nitrogens with zero attached hydrogens (tertiary/aromatic N) is 1. The van der Waals surface area contributed by atoms with E-state index in [0.29, 0.717) is 31.7 Å². The SMILES string of the molecule is CCCCOCCCNS(=O)(=O)c1cccc(C#N)c1. The predicted molar refractivity (Wildman–Crippen MR) is 76.7 cm³/mol. The molecule has 0 radical (unpaired) electrons. The van der Waals surface area contributed by atoms with Crippen molar-refractivity contribution in [1.29, 1.82) is 5.26 Å². The van der Waals surface area contributed by atoms with Crippen LogP contribution in [0.1, 0.15) is 31.7 Å². The van der Waals surface area contributed by atoms with Crippen molar-refractivity contribution in [2.45, 2.75) is 31.1 Å². The fourth-order valence-electron chi connectivity index (χ4n) is 1.55. The molecule has 0 saturated carbocycles. The molecule has 0 aromatic heterocycles. The predicted octanol–water partition coefficient (Wildman–Crippen LogP) is 2.04. The van der Waals surface area contributed by atoms with Gasteiger partial charge in [0.1, 0.15) is 0 Å². The molecule has 0 heterocycles. The van der Waals surface area contributed by atoms with Crippen LogP contribution in [-0.2, 0) is 14.8 Å². The number of ether oxygens (including phenoxy) is 1. The Bertz CT molecular complexity index is 550. The zero-order valence-corrected chi connectivity index (χ0v) is 12.4. The van der Waals surface area contributed by atoms with Gasteiger partial charge in [0.05, 0.1) is 16.5 Å². The van der Waals surface area contributed by atoms with Crippen LogP contribution in [0.3, 0.4) is 0 Å². The van der Waals surface area contributed by atoms with Gasteiger partial charge in [-0.1, -0.05) is 19.4 Å². The molecule has 0 saturated heterocycles. The molecule has 1 aromatic rings. The molecule has 5 nitrogen and oxygen atoms in total. The highest BCUT2D eigenvalue weighted by molar-refractivity contribution is 7.89. The zero-order valence-electron chi connectivity index (χ0n) is 11.6. The Morgan fingerprint density at radius 1 is 1.30 bits per heavy atom. The highest BCUT2D eigenvalue weighted by Crippen LogP contribution is 2.10. The normalized spacial score (nSPS) is 11.2. The van der Waals surface area contributed by atoms with Crippen molar-refractivity contribution in [3.8, 4) is 6.07 Å². The van der Waals surface area contributed by atoms with Crippen LogP contribution in [0.15, 0.2) is 29.2 Å². The molecule has 1 N–H and O–H groups in total. The zero-order chi connectivity index (χ0) is 14.8. The second-order valence-electron chi connectivity index (χ2n) is 4.36. The number of hydrogen-bond acceptors (Lipinski definition) is 4. The average molecular weight is 296 g/mol. The van der Waals surface area contributed by atoms with Crippen molar-refractivity contribution < 1.29 is 13.2 Å². The van der Waals surface area contributed by atoms with Crippen LogP contribution in [0, 0.1) is 11.3 Å². The molecule has 6 heteroatoms. The van der Waals surface area contributed by atoms with Crippen molar-refractivity contribution in [2.24, 2.45) is 0 Å². The number of sulfonamides is 1. The summed E-state index contributed by atoms with van der Waals surface area (Å²) in [5, 5.41) is 8.76. The maximum atomic E-state index is 12.0. The van der Waals surface area contributed by atoms with Crippen LogP contribution >= 0.6 is 0 Å². The Hall–Kier alpha value is -1.42. The Morgan fingerprint density at radius 3 is 2.75 bits per heavy atom. The first-order valence-corrected chi connectivity index (χ1v) is 8.16. The van der Waals surface area contributed by atoms with E-state index in [9.17, 15) is 8.42 Å². The van der Waals surface area contributed by atoms with E-state index in [0.717, 1.165) is 12.8 Å². The Labute approximate surface area is 120 Å². The number of nitrogens with one attached hydrogen (secondary N) is 1. The number of unbranched alkanes of at least 4 members (excludes halogenated alkanes) is 1. The van der Waals surface area contributed by atoms with E-state index in [1.54, 1.807) is 12.1 Å². The highest BCUT2D eigenvalue weighted by Gasteiger charge is 2.13. The quantitative estimate of drug-likeness (QED) is 0.707. The summed E-state index contributed by atoms with van der Waals surface area (Å²) in [5.41, 5.74) is 0.329. The van der Waals surface area contributed by atoms with Gasteiger partial charge in [-0.2, -0.15) is 5.26 Å². The van der Waals surface area contributed by atoms with Crippen molar-refractivity contribution in [2.75, 3.05) is 19.8 Å². The van der Waals surface area contributed by atoms with Gasteiger partial charge >= 0.3 is 0 Å². The van der Waals surface area contributed by atoms with Gasteiger partial charge in [-0.05, 0) is 31.0 Å². The van der Waals surface area contributed by atoms with Gasteiger partial charge in [0, 0.05) is 19.8 Å². The van der Waals surface area contributed by atoms with E-state index in [1.165, 1.54) is 12.1 Å². The third kappa shape index (κ3) is 5.70. The molecular formula is C14H20N2O3S. The lowest BCUT2D eigenvalue weighted by Gasteiger charge is -2.07. The minimum Gasteiger partial charge on any atom is -0.381 e. The first-order chi connectivity index (χ1) is 9.60. The molecule has 110 valence electrons. The topological polar surface area (TPSA) is 79.2 Å². The summed E-state index contributed by atoms with van der Waals surface area (Å²) in [4.78, 5) is 0.114. The minimum absolute atomic E-state index is 0.114. The summed E-state index contributed by atoms with van der Waals surface area (Å²) in [7, 11) is -3.55. The van der Waals surface area contributed by atoms with E-state index in [1.807, 2.05) is 6.07 Å². The van der Waals surface area contributed by atoms with Crippen molar-refractivity contribution in [3.63, 3.8) is 0 Å². The summed E-state index contributed by atoms with van der Waals surface area (Å²) in [6.45, 7) is 3.67. The summed E-state index contributed by atoms with van der Waals surface area (Å²) >= 11 is 0. The molecule has 20 heavy (non-hydrogen) atoms. The van der Waals surface area contributed by atoms with Gasteiger partial charge in [0.2, 0.25) is 10.0 Å². The van der Waals surface area contributed by atoms with Crippen LogP contribution in [-0.4, -0.2) is 28.2 Å². The number of rotatable bonds is 9. The Balaban J connectivity index is 2.40. The summed E-state index contributed by atoms with van der Waals surface area (Å²) in [5.74, 6) is 0. The monoisotopic (exact) mass is 296 g/mol. The lowest BCUT2D eigenvalue weighted by atomic mass is 10.2. The Morgan fingerprint density at radius 2 is 2.05 bits per heavy atom. The maximum absolute atomic E-state index is 12.0.